The molecule has 0 aliphatic carbocycles. The number of ether oxygens (including phenoxy) is 4. The van der Waals surface area contributed by atoms with Crippen molar-refractivity contribution in [2.75, 3.05) is 0 Å². The van der Waals surface area contributed by atoms with Gasteiger partial charge >= 0.3 is 12.3 Å². The molecule has 6 nitrogen and oxygen atoms in total. The van der Waals surface area contributed by atoms with Gasteiger partial charge in [-0.2, -0.15) is 0 Å². The Morgan fingerprint density at radius 2 is 0.947 bits per heavy atom. The van der Waals surface area contributed by atoms with Gasteiger partial charge in [0.2, 0.25) is 0 Å². The molecule has 0 N–H and O–H groups in total. The molecule has 0 heterocycles. The fourth-order valence-electron chi connectivity index (χ4n) is 4.36. The molecule has 38 heavy (non-hydrogen) atoms. The third-order valence-electron chi connectivity index (χ3n) is 6.02. The van der Waals surface area contributed by atoms with E-state index in [0.29, 0.717) is 44.5 Å². The highest BCUT2D eigenvalue weighted by Gasteiger charge is 2.27. The van der Waals surface area contributed by atoms with E-state index in [-0.39, 0.29) is 5.41 Å². The maximum absolute atomic E-state index is 12.9. The molecule has 0 saturated heterocycles. The van der Waals surface area contributed by atoms with Crippen LogP contribution in [0.3, 0.4) is 0 Å². The monoisotopic (exact) mass is 506 g/mol. The van der Waals surface area contributed by atoms with Gasteiger partial charge in [0.25, 0.3) is 0 Å². The number of fused-ring (bicyclic) bond motifs is 2. The zero-order valence-electron chi connectivity index (χ0n) is 21.3. The second-order valence-corrected chi connectivity index (χ2v) is 9.72. The van der Waals surface area contributed by atoms with Crippen LogP contribution in [-0.2, 0) is 5.41 Å². The molecule has 6 heteroatoms. The lowest BCUT2D eigenvalue weighted by Gasteiger charge is -2.24. The van der Waals surface area contributed by atoms with Crippen LogP contribution < -0.4 is 18.9 Å². The van der Waals surface area contributed by atoms with Crippen LogP contribution >= 0.6 is 0 Å². The molecule has 5 rings (SSSR count). The number of hydrogen-bond donors (Lipinski definition) is 0. The van der Waals surface area contributed by atoms with Crippen molar-refractivity contribution >= 4 is 33.9 Å². The topological polar surface area (TPSA) is 71.1 Å². The molecule has 0 aliphatic rings. The largest absolute Gasteiger partial charge is 0.519 e. The molecule has 190 valence electrons. The van der Waals surface area contributed by atoms with E-state index in [1.807, 2.05) is 48.5 Å². The van der Waals surface area contributed by atoms with Crippen LogP contribution in [0.5, 0.6) is 23.0 Å². The molecule has 5 aromatic rings. The SMILES string of the molecule is CC(C)(C)c1cccc2c(OC(=O)Oc3ccccc3)c3ccccc3c(OC(=O)Oc3ccccc3)c12. The molecule has 0 aliphatic heterocycles. The van der Waals surface area contributed by atoms with Crippen molar-refractivity contribution < 1.29 is 28.5 Å². The highest BCUT2D eigenvalue weighted by molar-refractivity contribution is 6.13. The van der Waals surface area contributed by atoms with E-state index in [0.717, 1.165) is 5.56 Å². The van der Waals surface area contributed by atoms with Crippen LogP contribution in [0, 0.1) is 0 Å². The zero-order chi connectivity index (χ0) is 26.7. The molecular formula is C32H26O6. The number of carbonyl (C=O) groups excluding carboxylic acids is 2. The maximum atomic E-state index is 12.9. The molecule has 0 atom stereocenters. The van der Waals surface area contributed by atoms with E-state index in [9.17, 15) is 9.59 Å². The summed E-state index contributed by atoms with van der Waals surface area (Å²) in [7, 11) is 0. The first-order valence-corrected chi connectivity index (χ1v) is 12.2. The molecule has 0 saturated carbocycles. The predicted molar refractivity (Wildman–Crippen MR) is 146 cm³/mol. The Morgan fingerprint density at radius 3 is 1.47 bits per heavy atom. The highest BCUT2D eigenvalue weighted by atomic mass is 16.7. The Hall–Kier alpha value is -4.84. The predicted octanol–water partition coefficient (Wildman–Crippen LogP) is 8.45. The third-order valence-corrected chi connectivity index (χ3v) is 6.02. The normalized spacial score (nSPS) is 11.2. The average molecular weight is 507 g/mol. The van der Waals surface area contributed by atoms with Gasteiger partial charge in [0.15, 0.2) is 5.75 Å². The average Bonchev–Trinajstić information content (AvgIpc) is 2.90. The first-order valence-electron chi connectivity index (χ1n) is 12.2. The van der Waals surface area contributed by atoms with Gasteiger partial charge in [0, 0.05) is 21.5 Å². The van der Waals surface area contributed by atoms with Gasteiger partial charge < -0.3 is 18.9 Å². The number of carbonyl (C=O) groups is 2. The van der Waals surface area contributed by atoms with E-state index < -0.39 is 12.3 Å². The third kappa shape index (κ3) is 5.15. The Kier molecular flexibility index (Phi) is 6.71. The number of rotatable bonds is 4. The molecule has 0 amide bonds. The van der Waals surface area contributed by atoms with Gasteiger partial charge in [-0.25, -0.2) is 9.59 Å². The second kappa shape index (κ2) is 10.3. The zero-order valence-corrected chi connectivity index (χ0v) is 21.3. The van der Waals surface area contributed by atoms with E-state index in [4.69, 9.17) is 18.9 Å². The van der Waals surface area contributed by atoms with Crippen LogP contribution in [0.4, 0.5) is 9.59 Å². The van der Waals surface area contributed by atoms with Crippen molar-refractivity contribution in [2.45, 2.75) is 26.2 Å². The van der Waals surface area contributed by atoms with Crippen molar-refractivity contribution in [3.05, 3.63) is 109 Å². The van der Waals surface area contributed by atoms with Crippen molar-refractivity contribution in [1.82, 2.24) is 0 Å². The summed E-state index contributed by atoms with van der Waals surface area (Å²) in [6.07, 6.45) is -1.75. The summed E-state index contributed by atoms with van der Waals surface area (Å²) in [4.78, 5) is 25.8. The van der Waals surface area contributed by atoms with Gasteiger partial charge in [-0.15, -0.1) is 0 Å². The maximum Gasteiger partial charge on any atom is 0.519 e. The smallest absolute Gasteiger partial charge is 0.395 e. The van der Waals surface area contributed by atoms with Crippen molar-refractivity contribution in [3.8, 4) is 23.0 Å². The van der Waals surface area contributed by atoms with Gasteiger partial charge in [-0.1, -0.05) is 99.6 Å². The Balaban J connectivity index is 1.66. The number of benzene rings is 5. The number of para-hydroxylation sites is 2. The standard InChI is InChI=1S/C32H26O6/c1-32(2,3)26-20-12-19-25-27(26)29(38-31(34)36-22-15-8-5-9-16-22)24-18-11-10-17-23(24)28(25)37-30(33)35-21-13-6-4-7-14-21/h4-20H,1-3H3. The van der Waals surface area contributed by atoms with E-state index in [1.165, 1.54) is 0 Å². The lowest BCUT2D eigenvalue weighted by Crippen LogP contribution is -2.18. The van der Waals surface area contributed by atoms with E-state index in [1.54, 1.807) is 54.6 Å². The molecule has 0 spiro atoms. The fraction of sp³-hybridized carbons (Fsp3) is 0.125. The van der Waals surface area contributed by atoms with Gasteiger partial charge in [0.1, 0.15) is 17.2 Å². The summed E-state index contributed by atoms with van der Waals surface area (Å²) >= 11 is 0. The minimum absolute atomic E-state index is 0.311. The summed E-state index contributed by atoms with van der Waals surface area (Å²) in [5.74, 6) is 1.37. The Labute approximate surface area is 220 Å². The quantitative estimate of drug-likeness (QED) is 0.138. The molecule has 0 radical (unpaired) electrons. The Bertz CT molecular complexity index is 1620. The van der Waals surface area contributed by atoms with Crippen LogP contribution in [0.25, 0.3) is 21.5 Å². The first kappa shape index (κ1) is 24.8. The van der Waals surface area contributed by atoms with Crippen LogP contribution in [0.2, 0.25) is 0 Å². The summed E-state index contributed by atoms with van der Waals surface area (Å²) in [6.45, 7) is 6.19. The fourth-order valence-corrected chi connectivity index (χ4v) is 4.36. The molecule has 0 fully saturated rings. The lowest BCUT2D eigenvalue weighted by molar-refractivity contribution is 0.151. The lowest BCUT2D eigenvalue weighted by atomic mass is 9.82. The van der Waals surface area contributed by atoms with Gasteiger partial charge in [-0.3, -0.25) is 0 Å². The number of hydrogen-bond acceptors (Lipinski definition) is 6. The van der Waals surface area contributed by atoms with Crippen molar-refractivity contribution in [1.29, 1.82) is 0 Å². The first-order chi connectivity index (χ1) is 18.3. The molecule has 0 unspecified atom stereocenters. The van der Waals surface area contributed by atoms with E-state index in [2.05, 4.69) is 20.8 Å². The van der Waals surface area contributed by atoms with Crippen molar-refractivity contribution in [3.63, 3.8) is 0 Å². The molecule has 0 bridgehead atoms. The summed E-state index contributed by atoms with van der Waals surface area (Å²) in [5.41, 5.74) is 0.579. The second-order valence-electron chi connectivity index (χ2n) is 9.72. The molecule has 0 aromatic heterocycles. The molecular weight excluding hydrogens is 480 g/mol. The van der Waals surface area contributed by atoms with Crippen LogP contribution in [-0.4, -0.2) is 12.3 Å². The minimum Gasteiger partial charge on any atom is -0.395 e. The molecule has 5 aromatic carbocycles. The Morgan fingerprint density at radius 1 is 0.500 bits per heavy atom. The van der Waals surface area contributed by atoms with Crippen LogP contribution in [0.15, 0.2) is 103 Å². The summed E-state index contributed by atoms with van der Waals surface area (Å²) in [6, 6.07) is 30.4. The summed E-state index contributed by atoms with van der Waals surface area (Å²) < 4.78 is 22.6. The van der Waals surface area contributed by atoms with Gasteiger partial charge in [0.05, 0.1) is 0 Å². The van der Waals surface area contributed by atoms with Gasteiger partial charge in [-0.05, 0) is 35.2 Å². The van der Waals surface area contributed by atoms with E-state index >= 15 is 0 Å². The minimum atomic E-state index is -0.874. The van der Waals surface area contributed by atoms with Crippen LogP contribution in [0.1, 0.15) is 26.3 Å². The highest BCUT2D eigenvalue weighted by Crippen LogP contribution is 2.46. The van der Waals surface area contributed by atoms with Crippen molar-refractivity contribution in [2.24, 2.45) is 0 Å². The summed E-state index contributed by atoms with van der Waals surface area (Å²) in [5, 5.41) is 2.41.